The normalized spacial score (nSPS) is 10.7. The molecule has 0 saturated heterocycles. The van der Waals surface area contributed by atoms with Crippen LogP contribution in [-0.2, 0) is 0 Å². The molecule has 0 saturated carbocycles. The van der Waals surface area contributed by atoms with Crippen LogP contribution in [0.2, 0.25) is 5.02 Å². The molecular formula is C7H5BrClNO. The molecule has 11 heavy (non-hydrogen) atoms. The fourth-order valence-electron chi connectivity index (χ4n) is 0.676. The highest BCUT2D eigenvalue weighted by molar-refractivity contribution is 9.10. The molecule has 4 heteroatoms. The van der Waals surface area contributed by atoms with Crippen molar-refractivity contribution in [2.24, 2.45) is 5.16 Å². The lowest BCUT2D eigenvalue weighted by Gasteiger charge is -1.96. The molecule has 0 unspecified atom stereocenters. The molecule has 1 aromatic rings. The van der Waals surface area contributed by atoms with E-state index in [1.807, 2.05) is 6.07 Å². The van der Waals surface area contributed by atoms with Crippen LogP contribution in [0.1, 0.15) is 5.56 Å². The number of halogens is 2. The number of rotatable bonds is 1. The molecule has 0 aliphatic rings. The fraction of sp³-hybridized carbons (Fsp3) is 0. The maximum atomic E-state index is 8.23. The van der Waals surface area contributed by atoms with Gasteiger partial charge in [0.2, 0.25) is 0 Å². The Morgan fingerprint density at radius 2 is 2.27 bits per heavy atom. The lowest BCUT2D eigenvalue weighted by atomic mass is 10.2. The topological polar surface area (TPSA) is 32.6 Å². The van der Waals surface area contributed by atoms with E-state index in [9.17, 15) is 0 Å². The number of benzene rings is 1. The van der Waals surface area contributed by atoms with Gasteiger partial charge in [0.25, 0.3) is 0 Å². The van der Waals surface area contributed by atoms with Gasteiger partial charge in [-0.05, 0) is 18.2 Å². The van der Waals surface area contributed by atoms with Crippen LogP contribution >= 0.6 is 27.5 Å². The zero-order valence-electron chi connectivity index (χ0n) is 5.46. The molecule has 2 nitrogen and oxygen atoms in total. The number of hydrogen-bond acceptors (Lipinski definition) is 2. The van der Waals surface area contributed by atoms with Crippen molar-refractivity contribution in [2.75, 3.05) is 0 Å². The Morgan fingerprint density at radius 1 is 1.55 bits per heavy atom. The van der Waals surface area contributed by atoms with Gasteiger partial charge in [0.15, 0.2) is 0 Å². The number of oxime groups is 1. The van der Waals surface area contributed by atoms with Gasteiger partial charge in [0.1, 0.15) is 0 Å². The minimum absolute atomic E-state index is 0.561. The molecule has 1 aromatic carbocycles. The monoisotopic (exact) mass is 233 g/mol. The summed E-state index contributed by atoms with van der Waals surface area (Å²) in [6, 6.07) is 5.31. The number of nitrogens with zero attached hydrogens (tertiary/aromatic N) is 1. The van der Waals surface area contributed by atoms with Gasteiger partial charge in [-0.3, -0.25) is 0 Å². The van der Waals surface area contributed by atoms with E-state index in [1.54, 1.807) is 12.1 Å². The van der Waals surface area contributed by atoms with Gasteiger partial charge >= 0.3 is 0 Å². The standard InChI is InChI=1S/C7H5BrClNO/c8-6-1-2-7(9)5(3-6)4-10-11/h1-4,11H. The van der Waals surface area contributed by atoms with Gasteiger partial charge in [0.05, 0.1) is 6.21 Å². The lowest BCUT2D eigenvalue weighted by Crippen LogP contribution is -1.82. The maximum absolute atomic E-state index is 8.23. The molecule has 0 aliphatic carbocycles. The molecule has 1 rings (SSSR count). The van der Waals surface area contributed by atoms with Crippen LogP contribution < -0.4 is 0 Å². The second-order valence-corrected chi connectivity index (χ2v) is 3.23. The SMILES string of the molecule is ON=Cc1cc(Br)ccc1Cl. The molecular weight excluding hydrogens is 229 g/mol. The van der Waals surface area contributed by atoms with Gasteiger partial charge < -0.3 is 5.21 Å². The van der Waals surface area contributed by atoms with Crippen LogP contribution in [0.15, 0.2) is 27.8 Å². The van der Waals surface area contributed by atoms with Crippen molar-refractivity contribution in [3.05, 3.63) is 33.3 Å². The van der Waals surface area contributed by atoms with Crippen molar-refractivity contribution in [1.29, 1.82) is 0 Å². The van der Waals surface area contributed by atoms with Gasteiger partial charge in [0, 0.05) is 15.1 Å². The molecule has 1 N–H and O–H groups in total. The van der Waals surface area contributed by atoms with Gasteiger partial charge in [-0.15, -0.1) is 0 Å². The van der Waals surface area contributed by atoms with Crippen LogP contribution in [0.25, 0.3) is 0 Å². The summed E-state index contributed by atoms with van der Waals surface area (Å²) in [6.07, 6.45) is 1.28. The van der Waals surface area contributed by atoms with Crippen LogP contribution in [0.4, 0.5) is 0 Å². The highest BCUT2D eigenvalue weighted by atomic mass is 79.9. The molecule has 0 aliphatic heterocycles. The first-order valence-corrected chi connectivity index (χ1v) is 4.03. The minimum atomic E-state index is 0.561. The van der Waals surface area contributed by atoms with E-state index in [0.29, 0.717) is 10.6 Å². The predicted octanol–water partition coefficient (Wildman–Crippen LogP) is 2.91. The van der Waals surface area contributed by atoms with Gasteiger partial charge in [-0.2, -0.15) is 0 Å². The third-order valence-corrected chi connectivity index (χ3v) is 1.99. The van der Waals surface area contributed by atoms with Crippen LogP contribution in [0.3, 0.4) is 0 Å². The first-order valence-electron chi connectivity index (χ1n) is 2.86. The summed E-state index contributed by atoms with van der Waals surface area (Å²) in [5.41, 5.74) is 0.684. The predicted molar refractivity (Wildman–Crippen MR) is 48.5 cm³/mol. The van der Waals surface area contributed by atoms with E-state index in [0.717, 1.165) is 4.47 Å². The maximum Gasteiger partial charge on any atom is 0.0749 e. The summed E-state index contributed by atoms with van der Waals surface area (Å²) in [5, 5.41) is 11.7. The largest absolute Gasteiger partial charge is 0.411 e. The molecule has 0 aromatic heterocycles. The second kappa shape index (κ2) is 3.74. The van der Waals surface area contributed by atoms with E-state index < -0.39 is 0 Å². The lowest BCUT2D eigenvalue weighted by molar-refractivity contribution is 0.322. The molecule has 58 valence electrons. The average Bonchev–Trinajstić information content (AvgIpc) is 1.98. The van der Waals surface area contributed by atoms with Gasteiger partial charge in [-0.1, -0.05) is 32.7 Å². The summed E-state index contributed by atoms with van der Waals surface area (Å²) in [6.45, 7) is 0. The minimum Gasteiger partial charge on any atom is -0.411 e. The Morgan fingerprint density at radius 3 is 2.91 bits per heavy atom. The first-order chi connectivity index (χ1) is 5.24. The Balaban J connectivity index is 3.12. The molecule has 0 fully saturated rings. The number of hydrogen-bond donors (Lipinski definition) is 1. The summed E-state index contributed by atoms with van der Waals surface area (Å²) in [7, 11) is 0. The molecule has 0 heterocycles. The Hall–Kier alpha value is -0.540. The average molecular weight is 234 g/mol. The van der Waals surface area contributed by atoms with Crippen LogP contribution in [-0.4, -0.2) is 11.4 Å². The van der Waals surface area contributed by atoms with E-state index in [2.05, 4.69) is 21.1 Å². The Bertz CT molecular complexity index is 288. The van der Waals surface area contributed by atoms with Crippen molar-refractivity contribution in [3.8, 4) is 0 Å². The van der Waals surface area contributed by atoms with Crippen molar-refractivity contribution < 1.29 is 5.21 Å². The summed E-state index contributed by atoms with van der Waals surface area (Å²) in [4.78, 5) is 0. The van der Waals surface area contributed by atoms with Crippen molar-refractivity contribution >= 4 is 33.7 Å². The molecule has 0 radical (unpaired) electrons. The van der Waals surface area contributed by atoms with Crippen molar-refractivity contribution in [2.45, 2.75) is 0 Å². The summed E-state index contributed by atoms with van der Waals surface area (Å²) in [5.74, 6) is 0. The quantitative estimate of drug-likeness (QED) is 0.452. The Labute approximate surface area is 77.6 Å². The van der Waals surface area contributed by atoms with Crippen molar-refractivity contribution in [1.82, 2.24) is 0 Å². The zero-order valence-corrected chi connectivity index (χ0v) is 7.80. The highest BCUT2D eigenvalue weighted by Crippen LogP contribution is 2.19. The molecule has 0 bridgehead atoms. The summed E-state index contributed by atoms with van der Waals surface area (Å²) >= 11 is 9.02. The first kappa shape index (κ1) is 8.56. The third kappa shape index (κ3) is 2.20. The van der Waals surface area contributed by atoms with E-state index >= 15 is 0 Å². The third-order valence-electron chi connectivity index (χ3n) is 1.15. The van der Waals surface area contributed by atoms with Gasteiger partial charge in [-0.25, -0.2) is 0 Å². The van der Waals surface area contributed by atoms with Crippen LogP contribution in [0.5, 0.6) is 0 Å². The van der Waals surface area contributed by atoms with E-state index in [1.165, 1.54) is 6.21 Å². The van der Waals surface area contributed by atoms with Crippen LogP contribution in [0, 0.1) is 0 Å². The van der Waals surface area contributed by atoms with E-state index in [4.69, 9.17) is 16.8 Å². The highest BCUT2D eigenvalue weighted by Gasteiger charge is 1.96. The molecule has 0 spiro atoms. The fourth-order valence-corrected chi connectivity index (χ4v) is 1.22. The molecule has 0 amide bonds. The summed E-state index contributed by atoms with van der Waals surface area (Å²) < 4.78 is 0.900. The van der Waals surface area contributed by atoms with E-state index in [-0.39, 0.29) is 0 Å². The second-order valence-electron chi connectivity index (χ2n) is 1.91. The molecule has 0 atom stereocenters. The zero-order chi connectivity index (χ0) is 8.27. The smallest absolute Gasteiger partial charge is 0.0749 e. The Kier molecular flexibility index (Phi) is 2.91. The van der Waals surface area contributed by atoms with Crippen molar-refractivity contribution in [3.63, 3.8) is 0 Å².